The number of H-pyrrole nitrogens is 1. The lowest BCUT2D eigenvalue weighted by Gasteiger charge is -2.28. The SMILES string of the molecule is Oc1ccc(-c2[nH]ncc2CN2CCc3nc(C4CC4)ncc3C2)cc1. The smallest absolute Gasteiger partial charge is 0.131 e. The van der Waals surface area contributed by atoms with Gasteiger partial charge in [-0.25, -0.2) is 9.97 Å². The lowest BCUT2D eigenvalue weighted by molar-refractivity contribution is 0.243. The Labute approximate surface area is 151 Å². The molecule has 1 aliphatic carbocycles. The van der Waals surface area contributed by atoms with Crippen molar-refractivity contribution in [2.24, 2.45) is 0 Å². The van der Waals surface area contributed by atoms with Crippen molar-refractivity contribution in [2.75, 3.05) is 6.54 Å². The van der Waals surface area contributed by atoms with E-state index >= 15 is 0 Å². The molecule has 1 saturated carbocycles. The van der Waals surface area contributed by atoms with Crippen LogP contribution in [-0.4, -0.2) is 36.7 Å². The number of aromatic nitrogens is 4. The molecular weight excluding hydrogens is 326 g/mol. The van der Waals surface area contributed by atoms with Crippen LogP contribution in [0.15, 0.2) is 36.7 Å². The maximum atomic E-state index is 9.49. The van der Waals surface area contributed by atoms with Crippen LogP contribution in [0.2, 0.25) is 0 Å². The molecule has 132 valence electrons. The fourth-order valence-electron chi connectivity index (χ4n) is 3.61. The van der Waals surface area contributed by atoms with E-state index in [2.05, 4.69) is 20.1 Å². The molecule has 0 atom stereocenters. The van der Waals surface area contributed by atoms with E-state index in [9.17, 15) is 5.11 Å². The highest BCUT2D eigenvalue weighted by molar-refractivity contribution is 5.63. The van der Waals surface area contributed by atoms with E-state index < -0.39 is 0 Å². The second-order valence-corrected chi connectivity index (χ2v) is 7.25. The summed E-state index contributed by atoms with van der Waals surface area (Å²) in [5.74, 6) is 1.92. The second kappa shape index (κ2) is 6.21. The van der Waals surface area contributed by atoms with Crippen molar-refractivity contribution in [3.63, 3.8) is 0 Å². The Morgan fingerprint density at radius 2 is 2.00 bits per heavy atom. The average molecular weight is 347 g/mol. The zero-order chi connectivity index (χ0) is 17.5. The molecule has 2 N–H and O–H groups in total. The summed E-state index contributed by atoms with van der Waals surface area (Å²) in [5.41, 5.74) is 5.68. The standard InChI is InChI=1S/C20H21N5O/c26-17-5-3-13(4-6-17)19-16(10-22-24-19)12-25-8-7-18-15(11-25)9-21-20(23-18)14-1-2-14/h3-6,9-10,14,26H,1-2,7-8,11-12H2,(H,22,24). The van der Waals surface area contributed by atoms with Crippen molar-refractivity contribution in [3.8, 4) is 17.0 Å². The van der Waals surface area contributed by atoms with E-state index in [4.69, 9.17) is 4.98 Å². The number of aromatic hydroxyl groups is 1. The summed E-state index contributed by atoms with van der Waals surface area (Å²) in [6.07, 6.45) is 7.38. The number of hydrogen-bond acceptors (Lipinski definition) is 5. The van der Waals surface area contributed by atoms with Gasteiger partial charge in [0.2, 0.25) is 0 Å². The topological polar surface area (TPSA) is 77.9 Å². The number of benzene rings is 1. The number of nitrogens with zero attached hydrogens (tertiary/aromatic N) is 4. The molecule has 1 fully saturated rings. The lowest BCUT2D eigenvalue weighted by atomic mass is 10.0. The van der Waals surface area contributed by atoms with Gasteiger partial charge < -0.3 is 5.11 Å². The fraction of sp³-hybridized carbons (Fsp3) is 0.350. The maximum Gasteiger partial charge on any atom is 0.131 e. The predicted molar refractivity (Wildman–Crippen MR) is 97.5 cm³/mol. The summed E-state index contributed by atoms with van der Waals surface area (Å²) in [7, 11) is 0. The molecule has 0 amide bonds. The predicted octanol–water partition coefficient (Wildman–Crippen LogP) is 3.01. The van der Waals surface area contributed by atoms with Gasteiger partial charge in [0.25, 0.3) is 0 Å². The van der Waals surface area contributed by atoms with Gasteiger partial charge in [0.1, 0.15) is 11.6 Å². The summed E-state index contributed by atoms with van der Waals surface area (Å²) < 4.78 is 0. The summed E-state index contributed by atoms with van der Waals surface area (Å²) in [4.78, 5) is 11.8. The van der Waals surface area contributed by atoms with Gasteiger partial charge in [-0.15, -0.1) is 0 Å². The first-order valence-corrected chi connectivity index (χ1v) is 9.15. The van der Waals surface area contributed by atoms with Gasteiger partial charge in [0.05, 0.1) is 11.9 Å². The molecule has 26 heavy (non-hydrogen) atoms. The van der Waals surface area contributed by atoms with Crippen molar-refractivity contribution in [1.82, 2.24) is 25.1 Å². The number of phenolic OH excluding ortho intramolecular Hbond substituents is 1. The molecule has 0 spiro atoms. The third-order valence-corrected chi connectivity index (χ3v) is 5.24. The van der Waals surface area contributed by atoms with Gasteiger partial charge in [-0.3, -0.25) is 10.00 Å². The quantitative estimate of drug-likeness (QED) is 0.758. The van der Waals surface area contributed by atoms with Crippen molar-refractivity contribution >= 4 is 0 Å². The van der Waals surface area contributed by atoms with Crippen molar-refractivity contribution in [1.29, 1.82) is 0 Å². The molecule has 0 bridgehead atoms. The molecule has 1 aromatic carbocycles. The Kier molecular flexibility index (Phi) is 3.71. The summed E-state index contributed by atoms with van der Waals surface area (Å²) >= 11 is 0. The molecule has 0 radical (unpaired) electrons. The van der Waals surface area contributed by atoms with Gasteiger partial charge in [0.15, 0.2) is 0 Å². The molecular formula is C20H21N5O. The number of nitrogens with one attached hydrogen (secondary N) is 1. The molecule has 6 nitrogen and oxygen atoms in total. The minimum atomic E-state index is 0.271. The van der Waals surface area contributed by atoms with Crippen LogP contribution in [0.5, 0.6) is 5.75 Å². The van der Waals surface area contributed by atoms with E-state index in [1.165, 1.54) is 24.1 Å². The van der Waals surface area contributed by atoms with Gasteiger partial charge >= 0.3 is 0 Å². The van der Waals surface area contributed by atoms with Crippen LogP contribution in [0, 0.1) is 0 Å². The number of rotatable bonds is 4. The van der Waals surface area contributed by atoms with Crippen molar-refractivity contribution < 1.29 is 5.11 Å². The first kappa shape index (κ1) is 15.5. The minimum absolute atomic E-state index is 0.271. The van der Waals surface area contributed by atoms with Gasteiger partial charge in [-0.1, -0.05) is 0 Å². The summed E-state index contributed by atoms with van der Waals surface area (Å²) in [5, 5.41) is 16.8. The van der Waals surface area contributed by atoms with Crippen LogP contribution in [0.3, 0.4) is 0 Å². The molecule has 2 aliphatic rings. The Balaban J connectivity index is 1.33. The van der Waals surface area contributed by atoms with E-state index in [0.29, 0.717) is 5.92 Å². The van der Waals surface area contributed by atoms with Crippen molar-refractivity contribution in [3.05, 3.63) is 59.3 Å². The highest BCUT2D eigenvalue weighted by Gasteiger charge is 2.28. The largest absolute Gasteiger partial charge is 0.508 e. The van der Waals surface area contributed by atoms with Crippen LogP contribution < -0.4 is 0 Å². The van der Waals surface area contributed by atoms with Crippen LogP contribution in [-0.2, 0) is 19.5 Å². The average Bonchev–Trinajstić information content (AvgIpc) is 3.42. The highest BCUT2D eigenvalue weighted by atomic mass is 16.3. The number of fused-ring (bicyclic) bond motifs is 1. The Hall–Kier alpha value is -2.73. The lowest BCUT2D eigenvalue weighted by Crippen LogP contribution is -2.31. The Morgan fingerprint density at radius 1 is 1.15 bits per heavy atom. The molecule has 2 aromatic heterocycles. The summed E-state index contributed by atoms with van der Waals surface area (Å²) in [6.45, 7) is 2.70. The van der Waals surface area contributed by atoms with E-state index in [0.717, 1.165) is 48.7 Å². The highest BCUT2D eigenvalue weighted by Crippen LogP contribution is 2.38. The summed E-state index contributed by atoms with van der Waals surface area (Å²) in [6, 6.07) is 7.22. The third-order valence-electron chi connectivity index (χ3n) is 5.24. The molecule has 6 heteroatoms. The normalized spacial score (nSPS) is 17.2. The Morgan fingerprint density at radius 3 is 2.81 bits per heavy atom. The van der Waals surface area contributed by atoms with Crippen LogP contribution >= 0.6 is 0 Å². The zero-order valence-electron chi connectivity index (χ0n) is 14.5. The molecule has 5 rings (SSSR count). The van der Waals surface area contributed by atoms with Crippen LogP contribution in [0.25, 0.3) is 11.3 Å². The van der Waals surface area contributed by atoms with Gasteiger partial charge in [-0.2, -0.15) is 5.10 Å². The molecule has 3 aromatic rings. The number of hydrogen-bond donors (Lipinski definition) is 2. The van der Waals surface area contributed by atoms with E-state index in [1.54, 1.807) is 12.1 Å². The fourth-order valence-corrected chi connectivity index (χ4v) is 3.61. The molecule has 0 saturated heterocycles. The number of aromatic amines is 1. The molecule has 0 unspecified atom stereocenters. The minimum Gasteiger partial charge on any atom is -0.508 e. The first-order valence-electron chi connectivity index (χ1n) is 9.15. The van der Waals surface area contributed by atoms with Crippen LogP contribution in [0.1, 0.15) is 41.4 Å². The van der Waals surface area contributed by atoms with E-state index in [-0.39, 0.29) is 5.75 Å². The molecule has 1 aliphatic heterocycles. The Bertz CT molecular complexity index is 930. The van der Waals surface area contributed by atoms with Crippen LogP contribution in [0.4, 0.5) is 0 Å². The monoisotopic (exact) mass is 347 g/mol. The first-order chi connectivity index (χ1) is 12.8. The van der Waals surface area contributed by atoms with Gasteiger partial charge in [0, 0.05) is 60.6 Å². The van der Waals surface area contributed by atoms with Gasteiger partial charge in [-0.05, 0) is 37.1 Å². The second-order valence-electron chi connectivity index (χ2n) is 7.25. The van der Waals surface area contributed by atoms with E-state index in [1.807, 2.05) is 24.5 Å². The molecule has 3 heterocycles. The number of phenols is 1. The zero-order valence-corrected chi connectivity index (χ0v) is 14.5. The maximum absolute atomic E-state index is 9.49. The third kappa shape index (κ3) is 2.97. The van der Waals surface area contributed by atoms with Crippen molar-refractivity contribution in [2.45, 2.75) is 38.3 Å².